The molecule has 0 bridgehead atoms. The van der Waals surface area contributed by atoms with Crippen molar-refractivity contribution in [1.29, 1.82) is 0 Å². The van der Waals surface area contributed by atoms with Gasteiger partial charge in [-0.25, -0.2) is 9.59 Å². The van der Waals surface area contributed by atoms with Gasteiger partial charge in [0.05, 0.1) is 36.0 Å². The Hall–Kier alpha value is -4.35. The van der Waals surface area contributed by atoms with E-state index in [9.17, 15) is 33.3 Å². The smallest absolute Gasteiger partial charge is 0.387 e. The Balaban J connectivity index is 2.36. The second-order valence-corrected chi connectivity index (χ2v) is 5.92. The van der Waals surface area contributed by atoms with Crippen LogP contribution in [0.15, 0.2) is 42.5 Å². The minimum atomic E-state index is -3.19. The molecule has 0 radical (unpaired) electrons. The van der Waals surface area contributed by atoms with Crippen molar-refractivity contribution < 1.29 is 42.3 Å². The monoisotopic (exact) mass is 450 g/mol. The first-order valence-corrected chi connectivity index (χ1v) is 8.69. The van der Waals surface area contributed by atoms with E-state index in [0.29, 0.717) is 0 Å². The van der Waals surface area contributed by atoms with Crippen molar-refractivity contribution in [2.45, 2.75) is 6.61 Å². The summed E-state index contributed by atoms with van der Waals surface area (Å²) in [5.41, 5.74) is -0.696. The number of benzene rings is 2. The van der Waals surface area contributed by atoms with Crippen molar-refractivity contribution in [2.24, 2.45) is 0 Å². The molecular formula is C20H16F2N2O8. The number of ether oxygens (including phenoxy) is 3. The number of carbonyl (C=O) groups excluding carboxylic acids is 3. The van der Waals surface area contributed by atoms with Crippen LogP contribution in [0, 0.1) is 10.1 Å². The van der Waals surface area contributed by atoms with Crippen LogP contribution in [0.2, 0.25) is 0 Å². The van der Waals surface area contributed by atoms with Crippen molar-refractivity contribution in [3.8, 4) is 5.75 Å². The van der Waals surface area contributed by atoms with Gasteiger partial charge in [0.1, 0.15) is 5.75 Å². The number of nitrogens with zero attached hydrogens (tertiary/aromatic N) is 1. The molecule has 2 rings (SSSR count). The lowest BCUT2D eigenvalue weighted by Crippen LogP contribution is -2.14. The molecular weight excluding hydrogens is 434 g/mol. The second-order valence-electron chi connectivity index (χ2n) is 5.92. The number of hydrogen-bond donors (Lipinski definition) is 1. The lowest BCUT2D eigenvalue weighted by Gasteiger charge is -2.10. The zero-order valence-electron chi connectivity index (χ0n) is 16.7. The van der Waals surface area contributed by atoms with Crippen LogP contribution in [0.25, 0.3) is 6.08 Å². The Kier molecular flexibility index (Phi) is 7.93. The number of anilines is 1. The Labute approximate surface area is 179 Å². The third-order valence-corrected chi connectivity index (χ3v) is 3.94. The first-order valence-electron chi connectivity index (χ1n) is 8.69. The Bertz CT molecular complexity index is 1090. The highest BCUT2D eigenvalue weighted by atomic mass is 19.3. The number of carbonyl (C=O) groups is 3. The molecule has 2 aromatic carbocycles. The predicted octanol–water partition coefficient (Wildman–Crippen LogP) is 3.42. The lowest BCUT2D eigenvalue weighted by atomic mass is 10.1. The number of halogens is 2. The zero-order valence-corrected chi connectivity index (χ0v) is 16.7. The molecule has 0 aliphatic carbocycles. The van der Waals surface area contributed by atoms with Gasteiger partial charge in [0.25, 0.3) is 5.69 Å². The number of rotatable bonds is 8. The van der Waals surface area contributed by atoms with Gasteiger partial charge < -0.3 is 19.5 Å². The summed E-state index contributed by atoms with van der Waals surface area (Å²) < 4.78 is 38.7. The first-order chi connectivity index (χ1) is 15.2. The third kappa shape index (κ3) is 6.08. The number of nitrogens with one attached hydrogen (secondary N) is 1. The Morgan fingerprint density at radius 1 is 1.06 bits per heavy atom. The average Bonchev–Trinajstić information content (AvgIpc) is 2.76. The van der Waals surface area contributed by atoms with Crippen LogP contribution >= 0.6 is 0 Å². The predicted molar refractivity (Wildman–Crippen MR) is 107 cm³/mol. The number of nitro benzene ring substituents is 1. The number of nitro groups is 1. The molecule has 1 amide bonds. The van der Waals surface area contributed by atoms with E-state index in [0.717, 1.165) is 44.6 Å². The Morgan fingerprint density at radius 2 is 1.75 bits per heavy atom. The van der Waals surface area contributed by atoms with E-state index in [2.05, 4.69) is 19.5 Å². The van der Waals surface area contributed by atoms with Crippen LogP contribution in [0.4, 0.5) is 20.2 Å². The molecule has 10 nitrogen and oxygen atoms in total. The standard InChI is InChI=1S/C20H16F2N2O8/c1-30-18(26)12-3-6-14(19(27)31-2)15(10-12)23-17(25)8-4-11-9-13(24(28)29)5-7-16(11)32-20(21)22/h3-10,20H,1-2H3,(H,23,25)/b8-4+. The van der Waals surface area contributed by atoms with E-state index in [1.54, 1.807) is 0 Å². The van der Waals surface area contributed by atoms with Gasteiger partial charge in [-0.05, 0) is 30.3 Å². The highest BCUT2D eigenvalue weighted by Crippen LogP contribution is 2.27. The largest absolute Gasteiger partial charge is 0.465 e. The molecule has 0 aliphatic rings. The molecule has 0 fully saturated rings. The number of esters is 2. The molecule has 0 saturated carbocycles. The minimum Gasteiger partial charge on any atom is -0.465 e. The zero-order chi connectivity index (χ0) is 23.8. The van der Waals surface area contributed by atoms with E-state index in [-0.39, 0.29) is 22.4 Å². The van der Waals surface area contributed by atoms with Crippen molar-refractivity contribution in [1.82, 2.24) is 0 Å². The van der Waals surface area contributed by atoms with Gasteiger partial charge in [0, 0.05) is 23.8 Å². The number of amides is 1. The van der Waals surface area contributed by atoms with E-state index < -0.39 is 40.8 Å². The molecule has 0 atom stereocenters. The molecule has 0 aliphatic heterocycles. The maximum Gasteiger partial charge on any atom is 0.387 e. The Morgan fingerprint density at radius 3 is 2.34 bits per heavy atom. The number of hydrogen-bond acceptors (Lipinski definition) is 8. The molecule has 32 heavy (non-hydrogen) atoms. The highest BCUT2D eigenvalue weighted by Gasteiger charge is 2.17. The molecule has 168 valence electrons. The summed E-state index contributed by atoms with van der Waals surface area (Å²) in [5.74, 6) is -2.76. The van der Waals surface area contributed by atoms with Gasteiger partial charge in [-0.2, -0.15) is 8.78 Å². The summed E-state index contributed by atoms with van der Waals surface area (Å²) in [7, 11) is 2.27. The first kappa shape index (κ1) is 23.9. The SMILES string of the molecule is COC(=O)c1ccc(C(=O)OC)c(NC(=O)/C=C/c2cc([N+](=O)[O-])ccc2OC(F)F)c1. The fourth-order valence-corrected chi connectivity index (χ4v) is 2.50. The summed E-state index contributed by atoms with van der Waals surface area (Å²) in [5, 5.41) is 13.3. The highest BCUT2D eigenvalue weighted by molar-refractivity contribution is 6.07. The number of alkyl halides is 2. The van der Waals surface area contributed by atoms with Gasteiger partial charge in [0.15, 0.2) is 0 Å². The topological polar surface area (TPSA) is 134 Å². The van der Waals surface area contributed by atoms with Crippen LogP contribution < -0.4 is 10.1 Å². The fourth-order valence-electron chi connectivity index (χ4n) is 2.50. The summed E-state index contributed by atoms with van der Waals surface area (Å²) in [6.07, 6.45) is 1.89. The second kappa shape index (κ2) is 10.6. The third-order valence-electron chi connectivity index (χ3n) is 3.94. The molecule has 0 heterocycles. The van der Waals surface area contributed by atoms with E-state index in [1.165, 1.54) is 18.2 Å². The van der Waals surface area contributed by atoms with Crippen molar-refractivity contribution in [2.75, 3.05) is 19.5 Å². The van der Waals surface area contributed by atoms with Gasteiger partial charge >= 0.3 is 18.6 Å². The van der Waals surface area contributed by atoms with Gasteiger partial charge in [-0.15, -0.1) is 0 Å². The number of methoxy groups -OCH3 is 2. The average molecular weight is 450 g/mol. The van der Waals surface area contributed by atoms with Crippen LogP contribution in [0.3, 0.4) is 0 Å². The number of non-ortho nitro benzene ring substituents is 1. The van der Waals surface area contributed by atoms with Crippen LogP contribution in [-0.4, -0.2) is 43.6 Å². The summed E-state index contributed by atoms with van der Waals surface area (Å²) in [6.45, 7) is -3.19. The van der Waals surface area contributed by atoms with Crippen LogP contribution in [0.5, 0.6) is 5.75 Å². The fraction of sp³-hybridized carbons (Fsp3) is 0.150. The maximum atomic E-state index is 12.6. The molecule has 12 heteroatoms. The molecule has 2 aromatic rings. The van der Waals surface area contributed by atoms with Crippen molar-refractivity contribution in [3.05, 3.63) is 69.3 Å². The molecule has 0 aromatic heterocycles. The minimum absolute atomic E-state index is 0.0331. The normalized spacial score (nSPS) is 10.7. The van der Waals surface area contributed by atoms with Crippen molar-refractivity contribution >= 4 is 35.3 Å². The van der Waals surface area contributed by atoms with E-state index in [4.69, 9.17) is 0 Å². The van der Waals surface area contributed by atoms with Gasteiger partial charge in [-0.1, -0.05) is 0 Å². The summed E-state index contributed by atoms with van der Waals surface area (Å²) in [4.78, 5) is 46.2. The maximum absolute atomic E-state index is 12.6. The van der Waals surface area contributed by atoms with Gasteiger partial charge in [-0.3, -0.25) is 14.9 Å². The summed E-state index contributed by atoms with van der Waals surface area (Å²) >= 11 is 0. The van der Waals surface area contributed by atoms with E-state index >= 15 is 0 Å². The van der Waals surface area contributed by atoms with Gasteiger partial charge in [0.2, 0.25) is 5.91 Å². The molecule has 0 saturated heterocycles. The molecule has 0 spiro atoms. The quantitative estimate of drug-likeness (QED) is 0.280. The van der Waals surface area contributed by atoms with Crippen molar-refractivity contribution in [3.63, 3.8) is 0 Å². The van der Waals surface area contributed by atoms with Crippen LogP contribution in [-0.2, 0) is 14.3 Å². The lowest BCUT2D eigenvalue weighted by molar-refractivity contribution is -0.384. The summed E-state index contributed by atoms with van der Waals surface area (Å²) in [6, 6.07) is 6.60. The van der Waals surface area contributed by atoms with E-state index in [1.807, 2.05) is 0 Å². The molecule has 0 unspecified atom stereocenters. The van der Waals surface area contributed by atoms with Crippen LogP contribution in [0.1, 0.15) is 26.3 Å². The molecule has 1 N–H and O–H groups in total.